The van der Waals surface area contributed by atoms with Crippen LogP contribution in [0.4, 0.5) is 0 Å². The first-order chi connectivity index (χ1) is 8.51. The summed E-state index contributed by atoms with van der Waals surface area (Å²) in [6.45, 7) is 6.71. The van der Waals surface area contributed by atoms with E-state index in [-0.39, 0.29) is 6.61 Å². The maximum absolute atomic E-state index is 9.53. The Labute approximate surface area is 108 Å². The molecule has 18 heavy (non-hydrogen) atoms. The zero-order valence-electron chi connectivity index (χ0n) is 11.0. The van der Waals surface area contributed by atoms with E-state index in [9.17, 15) is 5.11 Å². The van der Waals surface area contributed by atoms with E-state index in [4.69, 9.17) is 0 Å². The molecule has 0 aliphatic heterocycles. The van der Waals surface area contributed by atoms with E-state index in [1.807, 2.05) is 22.9 Å². The lowest BCUT2D eigenvalue weighted by Crippen LogP contribution is -2.29. The van der Waals surface area contributed by atoms with Gasteiger partial charge in [0.15, 0.2) is 0 Å². The lowest BCUT2D eigenvalue weighted by molar-refractivity contribution is 0.270. The molecule has 0 bridgehead atoms. The second kappa shape index (κ2) is 4.99. The fourth-order valence-electron chi connectivity index (χ4n) is 1.77. The minimum atomic E-state index is -1.30. The molecule has 2 heterocycles. The van der Waals surface area contributed by atoms with E-state index < -0.39 is 8.07 Å². The zero-order valence-corrected chi connectivity index (χ0v) is 12.0. The van der Waals surface area contributed by atoms with Gasteiger partial charge in [-0.15, -0.1) is 5.10 Å². The summed E-state index contributed by atoms with van der Waals surface area (Å²) in [7, 11) is -1.30. The molecule has 0 saturated heterocycles. The van der Waals surface area contributed by atoms with E-state index in [0.29, 0.717) is 5.69 Å². The van der Waals surface area contributed by atoms with Crippen molar-refractivity contribution in [1.29, 1.82) is 0 Å². The first-order valence-corrected chi connectivity index (χ1v) is 9.66. The molecule has 2 aromatic rings. The number of pyridine rings is 1. The molecular formula is C12H18N4OSi. The molecule has 5 nitrogen and oxygen atoms in total. The average Bonchev–Trinajstić information content (AvgIpc) is 2.70. The van der Waals surface area contributed by atoms with Crippen molar-refractivity contribution < 1.29 is 5.11 Å². The number of nitrogens with zero attached hydrogens (tertiary/aromatic N) is 4. The number of rotatable bonds is 4. The number of aromatic nitrogens is 4. The van der Waals surface area contributed by atoms with Crippen molar-refractivity contribution in [1.82, 2.24) is 20.0 Å². The first kappa shape index (κ1) is 12.9. The van der Waals surface area contributed by atoms with Gasteiger partial charge in [0, 0.05) is 12.4 Å². The Kier molecular flexibility index (Phi) is 3.58. The summed E-state index contributed by atoms with van der Waals surface area (Å²) >= 11 is 0. The van der Waals surface area contributed by atoms with Gasteiger partial charge in [-0.1, -0.05) is 30.9 Å². The van der Waals surface area contributed by atoms with E-state index in [0.717, 1.165) is 17.6 Å². The van der Waals surface area contributed by atoms with Crippen LogP contribution in [0.15, 0.2) is 24.4 Å². The Hall–Kier alpha value is -1.53. The van der Waals surface area contributed by atoms with Crippen molar-refractivity contribution in [2.45, 2.75) is 32.4 Å². The van der Waals surface area contributed by atoms with Gasteiger partial charge in [-0.05, 0) is 12.1 Å². The van der Waals surface area contributed by atoms with Gasteiger partial charge in [0.2, 0.25) is 0 Å². The lowest BCUT2D eigenvalue weighted by atomic mass is 10.2. The summed E-state index contributed by atoms with van der Waals surface area (Å²) in [5, 5.41) is 17.8. The first-order valence-electron chi connectivity index (χ1n) is 5.96. The fraction of sp³-hybridized carbons (Fsp3) is 0.417. The highest BCUT2D eigenvalue weighted by atomic mass is 28.3. The van der Waals surface area contributed by atoms with E-state index in [2.05, 4.69) is 34.9 Å². The fourth-order valence-corrected chi connectivity index (χ4v) is 2.92. The van der Waals surface area contributed by atoms with Crippen LogP contribution in [0.2, 0.25) is 19.6 Å². The summed E-state index contributed by atoms with van der Waals surface area (Å²) in [5.41, 5.74) is 2.18. The van der Waals surface area contributed by atoms with E-state index >= 15 is 0 Å². The summed E-state index contributed by atoms with van der Waals surface area (Å²) < 4.78 is 1.82. The van der Waals surface area contributed by atoms with Crippen LogP contribution in [-0.4, -0.2) is 33.2 Å². The third kappa shape index (κ3) is 2.83. The summed E-state index contributed by atoms with van der Waals surface area (Å²) in [6.07, 6.45) is 2.57. The van der Waals surface area contributed by atoms with Gasteiger partial charge in [0.25, 0.3) is 0 Å². The van der Waals surface area contributed by atoms with Crippen molar-refractivity contribution in [3.8, 4) is 11.4 Å². The van der Waals surface area contributed by atoms with Crippen molar-refractivity contribution in [3.05, 3.63) is 30.1 Å². The molecule has 0 atom stereocenters. The molecular weight excluding hydrogens is 244 g/mol. The molecule has 0 radical (unpaired) electrons. The quantitative estimate of drug-likeness (QED) is 0.852. The predicted octanol–water partition coefficient (Wildman–Crippen LogP) is 1.71. The Balaban J connectivity index is 2.39. The van der Waals surface area contributed by atoms with Gasteiger partial charge in [-0.3, -0.25) is 4.98 Å². The average molecular weight is 262 g/mol. The van der Waals surface area contributed by atoms with Gasteiger partial charge in [0.1, 0.15) is 5.69 Å². The number of aliphatic hydroxyl groups excluding tert-OH is 1. The molecule has 0 aliphatic carbocycles. The molecule has 0 aliphatic rings. The van der Waals surface area contributed by atoms with Gasteiger partial charge in [-0.25, -0.2) is 4.68 Å². The summed E-state index contributed by atoms with van der Waals surface area (Å²) in [6, 6.07) is 5.64. The van der Waals surface area contributed by atoms with Crippen LogP contribution < -0.4 is 0 Å². The van der Waals surface area contributed by atoms with Crippen molar-refractivity contribution in [2.24, 2.45) is 0 Å². The SMILES string of the molecule is C[Si](C)(C)Cn1nnc(-c2ccccn2)c1CO. The molecule has 2 aromatic heterocycles. The molecule has 0 amide bonds. The molecule has 0 unspecified atom stereocenters. The highest BCUT2D eigenvalue weighted by Gasteiger charge is 2.20. The van der Waals surface area contributed by atoms with Gasteiger partial charge in [-0.2, -0.15) is 0 Å². The highest BCUT2D eigenvalue weighted by Crippen LogP contribution is 2.19. The van der Waals surface area contributed by atoms with Crippen molar-refractivity contribution in [2.75, 3.05) is 0 Å². The minimum absolute atomic E-state index is 0.0661. The van der Waals surface area contributed by atoms with Crippen LogP contribution in [-0.2, 0) is 12.8 Å². The van der Waals surface area contributed by atoms with Crippen LogP contribution in [0.1, 0.15) is 5.69 Å². The van der Waals surface area contributed by atoms with E-state index in [1.54, 1.807) is 6.20 Å². The Morgan fingerprint density at radius 3 is 2.61 bits per heavy atom. The third-order valence-corrected chi connectivity index (χ3v) is 3.77. The largest absolute Gasteiger partial charge is 0.390 e. The van der Waals surface area contributed by atoms with Gasteiger partial charge < -0.3 is 5.11 Å². The topological polar surface area (TPSA) is 63.8 Å². The van der Waals surface area contributed by atoms with Gasteiger partial charge >= 0.3 is 0 Å². The number of hydrogen-bond donors (Lipinski definition) is 1. The predicted molar refractivity (Wildman–Crippen MR) is 72.5 cm³/mol. The zero-order chi connectivity index (χ0) is 13.2. The number of aliphatic hydroxyl groups is 1. The highest BCUT2D eigenvalue weighted by molar-refractivity contribution is 6.74. The molecule has 1 N–H and O–H groups in total. The normalized spacial score (nSPS) is 11.8. The molecule has 0 saturated carbocycles. The Bertz CT molecular complexity index is 519. The van der Waals surface area contributed by atoms with Crippen LogP contribution in [0.3, 0.4) is 0 Å². The van der Waals surface area contributed by atoms with Crippen LogP contribution in [0, 0.1) is 0 Å². The molecule has 6 heteroatoms. The smallest absolute Gasteiger partial charge is 0.136 e. The molecule has 0 spiro atoms. The Morgan fingerprint density at radius 2 is 2.06 bits per heavy atom. The Morgan fingerprint density at radius 1 is 1.28 bits per heavy atom. The second-order valence-corrected chi connectivity index (χ2v) is 10.9. The molecule has 0 aromatic carbocycles. The molecule has 96 valence electrons. The third-order valence-electron chi connectivity index (χ3n) is 2.52. The van der Waals surface area contributed by atoms with Crippen molar-refractivity contribution >= 4 is 8.07 Å². The van der Waals surface area contributed by atoms with E-state index in [1.165, 1.54) is 0 Å². The minimum Gasteiger partial charge on any atom is -0.390 e. The van der Waals surface area contributed by atoms with Crippen LogP contribution >= 0.6 is 0 Å². The lowest BCUT2D eigenvalue weighted by Gasteiger charge is -2.16. The molecule has 2 rings (SSSR count). The molecule has 0 fully saturated rings. The second-order valence-electron chi connectivity index (χ2n) is 5.48. The monoisotopic (exact) mass is 262 g/mol. The maximum Gasteiger partial charge on any atom is 0.136 e. The van der Waals surface area contributed by atoms with Gasteiger partial charge in [0.05, 0.1) is 26.1 Å². The number of hydrogen-bond acceptors (Lipinski definition) is 4. The summed E-state index contributed by atoms with van der Waals surface area (Å²) in [4.78, 5) is 4.25. The van der Waals surface area contributed by atoms with Crippen molar-refractivity contribution in [3.63, 3.8) is 0 Å². The van der Waals surface area contributed by atoms with Crippen LogP contribution in [0.5, 0.6) is 0 Å². The summed E-state index contributed by atoms with van der Waals surface area (Å²) in [5.74, 6) is 0. The maximum atomic E-state index is 9.53. The van der Waals surface area contributed by atoms with Crippen LogP contribution in [0.25, 0.3) is 11.4 Å². The standard InChI is InChI=1S/C12H18N4OSi/c1-18(2,3)9-16-11(8-17)12(14-15-16)10-6-4-5-7-13-10/h4-7,17H,8-9H2,1-3H3.